The van der Waals surface area contributed by atoms with E-state index < -0.39 is 10.5 Å². The second-order valence-corrected chi connectivity index (χ2v) is 5.58. The predicted octanol–water partition coefficient (Wildman–Crippen LogP) is 2.71. The third-order valence-electron chi connectivity index (χ3n) is 3.17. The molecule has 0 amide bonds. The fourth-order valence-electron chi connectivity index (χ4n) is 2.32. The van der Waals surface area contributed by atoms with Crippen LogP contribution in [0.3, 0.4) is 0 Å². The summed E-state index contributed by atoms with van der Waals surface area (Å²) in [6.45, 7) is 3.21. The number of nitro benzene ring substituents is 1. The van der Waals surface area contributed by atoms with Crippen LogP contribution in [0.15, 0.2) is 22.7 Å². The lowest BCUT2D eigenvalue weighted by atomic mass is 9.89. The van der Waals surface area contributed by atoms with Crippen molar-refractivity contribution in [1.82, 2.24) is 0 Å². The minimum atomic E-state index is -0.601. The Kier molecular flexibility index (Phi) is 3.59. The average Bonchev–Trinajstić information content (AvgIpc) is 2.26. The maximum absolute atomic E-state index is 10.6. The highest BCUT2D eigenvalue weighted by Gasteiger charge is 2.40. The molecule has 1 heterocycles. The van der Waals surface area contributed by atoms with Crippen molar-refractivity contribution < 1.29 is 10.0 Å². The Morgan fingerprint density at radius 2 is 2.22 bits per heavy atom. The zero-order valence-corrected chi connectivity index (χ0v) is 11.7. The second-order valence-electron chi connectivity index (χ2n) is 4.72. The number of hydrogen-bond donors (Lipinski definition) is 1. The third-order valence-corrected chi connectivity index (χ3v) is 3.80. The van der Waals surface area contributed by atoms with E-state index in [9.17, 15) is 15.2 Å². The van der Waals surface area contributed by atoms with E-state index in [1.54, 1.807) is 6.07 Å². The summed E-state index contributed by atoms with van der Waals surface area (Å²) in [5, 5.41) is 20.7. The minimum Gasteiger partial charge on any atom is -0.386 e. The summed E-state index contributed by atoms with van der Waals surface area (Å²) in [6.07, 6.45) is 1.74. The fourth-order valence-corrected chi connectivity index (χ4v) is 2.94. The first-order chi connectivity index (χ1) is 8.45. The molecule has 5 nitrogen and oxygen atoms in total. The third kappa shape index (κ3) is 2.49. The summed E-state index contributed by atoms with van der Waals surface area (Å²) < 4.78 is 0.690. The van der Waals surface area contributed by atoms with Crippen molar-refractivity contribution in [2.75, 3.05) is 18.0 Å². The van der Waals surface area contributed by atoms with Gasteiger partial charge in [-0.2, -0.15) is 0 Å². The first kappa shape index (κ1) is 13.3. The van der Waals surface area contributed by atoms with E-state index in [1.807, 2.05) is 11.8 Å². The van der Waals surface area contributed by atoms with E-state index in [-0.39, 0.29) is 5.69 Å². The van der Waals surface area contributed by atoms with E-state index >= 15 is 0 Å². The lowest BCUT2D eigenvalue weighted by Gasteiger charge is -2.48. The molecule has 0 aromatic heterocycles. The summed E-state index contributed by atoms with van der Waals surface area (Å²) in [6, 6.07) is 4.69. The normalized spacial score (nSPS) is 17.4. The molecular formula is C12H15BrN2O3. The molecule has 0 aliphatic carbocycles. The smallest absolute Gasteiger partial charge is 0.270 e. The number of rotatable bonds is 4. The van der Waals surface area contributed by atoms with Crippen LogP contribution >= 0.6 is 15.9 Å². The van der Waals surface area contributed by atoms with Gasteiger partial charge in [-0.25, -0.2) is 0 Å². The number of halogens is 1. The van der Waals surface area contributed by atoms with Crippen molar-refractivity contribution in [3.05, 3.63) is 32.8 Å². The number of benzene rings is 1. The van der Waals surface area contributed by atoms with Crippen LogP contribution in [0.5, 0.6) is 0 Å². The van der Waals surface area contributed by atoms with Crippen LogP contribution < -0.4 is 4.90 Å². The number of aliphatic hydroxyl groups is 1. The number of nitrogens with zero attached hydrogens (tertiary/aromatic N) is 2. The minimum absolute atomic E-state index is 0.0648. The quantitative estimate of drug-likeness (QED) is 0.685. The van der Waals surface area contributed by atoms with Gasteiger partial charge in [0.05, 0.1) is 16.2 Å². The molecule has 1 aromatic carbocycles. The molecule has 1 aliphatic heterocycles. The van der Waals surface area contributed by atoms with Gasteiger partial charge in [0, 0.05) is 29.7 Å². The Bertz CT molecular complexity index is 472. The lowest BCUT2D eigenvalue weighted by molar-refractivity contribution is -0.384. The Labute approximate surface area is 114 Å². The maximum Gasteiger partial charge on any atom is 0.270 e. The van der Waals surface area contributed by atoms with Gasteiger partial charge in [-0.15, -0.1) is 0 Å². The number of anilines is 1. The van der Waals surface area contributed by atoms with Gasteiger partial charge < -0.3 is 10.0 Å². The molecule has 0 atom stereocenters. The summed E-state index contributed by atoms with van der Waals surface area (Å²) in [7, 11) is 0. The van der Waals surface area contributed by atoms with Crippen LogP contribution in [0.1, 0.15) is 19.8 Å². The molecular weight excluding hydrogens is 300 g/mol. The van der Waals surface area contributed by atoms with Crippen molar-refractivity contribution in [3.8, 4) is 0 Å². The summed E-state index contributed by atoms with van der Waals surface area (Å²) in [5.41, 5.74) is 0.354. The average molecular weight is 315 g/mol. The molecule has 98 valence electrons. The van der Waals surface area contributed by atoms with Crippen LogP contribution in [0.4, 0.5) is 11.4 Å². The molecule has 0 bridgehead atoms. The van der Waals surface area contributed by atoms with E-state index in [1.165, 1.54) is 12.1 Å². The van der Waals surface area contributed by atoms with E-state index in [4.69, 9.17) is 0 Å². The predicted molar refractivity (Wildman–Crippen MR) is 72.9 cm³/mol. The molecule has 1 N–H and O–H groups in total. The number of β-amino-alcohol motifs (C(OH)–C–C–N with tert-alkyl or cyclic N) is 1. The van der Waals surface area contributed by atoms with Crippen molar-refractivity contribution >= 4 is 27.3 Å². The number of nitro groups is 1. The van der Waals surface area contributed by atoms with Crippen LogP contribution in [0.2, 0.25) is 0 Å². The monoisotopic (exact) mass is 314 g/mol. The molecule has 1 fully saturated rings. The Morgan fingerprint density at radius 3 is 2.72 bits per heavy atom. The van der Waals surface area contributed by atoms with Crippen LogP contribution in [0, 0.1) is 10.1 Å². The highest BCUT2D eigenvalue weighted by molar-refractivity contribution is 9.10. The van der Waals surface area contributed by atoms with Crippen LogP contribution in [-0.2, 0) is 0 Å². The zero-order valence-electron chi connectivity index (χ0n) is 10.1. The Morgan fingerprint density at radius 1 is 1.56 bits per heavy atom. The first-order valence-electron chi connectivity index (χ1n) is 5.86. The van der Waals surface area contributed by atoms with Crippen molar-refractivity contribution in [2.24, 2.45) is 0 Å². The molecule has 6 heteroatoms. The summed E-state index contributed by atoms with van der Waals surface area (Å²) in [5.74, 6) is 0. The van der Waals surface area contributed by atoms with Gasteiger partial charge in [-0.1, -0.05) is 13.3 Å². The Hall–Kier alpha value is -1.14. The van der Waals surface area contributed by atoms with Crippen LogP contribution in [-0.4, -0.2) is 28.7 Å². The van der Waals surface area contributed by atoms with Crippen molar-refractivity contribution in [2.45, 2.75) is 25.4 Å². The van der Waals surface area contributed by atoms with Gasteiger partial charge in [-0.05, 0) is 28.4 Å². The molecule has 0 unspecified atom stereocenters. The van der Waals surface area contributed by atoms with Gasteiger partial charge in [0.2, 0.25) is 0 Å². The van der Waals surface area contributed by atoms with Gasteiger partial charge in [-0.3, -0.25) is 10.1 Å². The largest absolute Gasteiger partial charge is 0.386 e. The van der Waals surface area contributed by atoms with Crippen molar-refractivity contribution in [1.29, 1.82) is 0 Å². The molecule has 18 heavy (non-hydrogen) atoms. The van der Waals surface area contributed by atoms with E-state index in [0.717, 1.165) is 18.5 Å². The van der Waals surface area contributed by atoms with Crippen LogP contribution in [0.25, 0.3) is 0 Å². The lowest BCUT2D eigenvalue weighted by Crippen LogP contribution is -2.62. The second kappa shape index (κ2) is 4.85. The standard InChI is InChI=1S/C12H15BrN2O3/c1-2-5-12(16)7-14(8-12)11-4-3-9(15(17)18)6-10(11)13/h3-4,6,16H,2,5,7-8H2,1H3. The highest BCUT2D eigenvalue weighted by atomic mass is 79.9. The zero-order chi connectivity index (χ0) is 13.3. The Balaban J connectivity index is 2.10. The number of non-ortho nitro benzene ring substituents is 1. The van der Waals surface area contributed by atoms with E-state index in [2.05, 4.69) is 15.9 Å². The molecule has 0 spiro atoms. The molecule has 1 saturated heterocycles. The summed E-state index contributed by atoms with van der Waals surface area (Å²) >= 11 is 3.34. The van der Waals surface area contributed by atoms with Crippen molar-refractivity contribution in [3.63, 3.8) is 0 Å². The van der Waals surface area contributed by atoms with Gasteiger partial charge >= 0.3 is 0 Å². The molecule has 1 aromatic rings. The SMILES string of the molecule is CCCC1(O)CN(c2ccc([N+](=O)[O-])cc2Br)C1. The summed E-state index contributed by atoms with van der Waals surface area (Å²) in [4.78, 5) is 12.2. The topological polar surface area (TPSA) is 66.6 Å². The first-order valence-corrected chi connectivity index (χ1v) is 6.66. The fraction of sp³-hybridized carbons (Fsp3) is 0.500. The highest BCUT2D eigenvalue weighted by Crippen LogP contribution is 2.36. The molecule has 0 saturated carbocycles. The van der Waals surface area contributed by atoms with E-state index in [0.29, 0.717) is 17.6 Å². The maximum atomic E-state index is 10.6. The van der Waals surface area contributed by atoms with Gasteiger partial charge in [0.25, 0.3) is 5.69 Å². The molecule has 1 aliphatic rings. The molecule has 2 rings (SSSR count). The van der Waals surface area contributed by atoms with Gasteiger partial charge in [0.1, 0.15) is 0 Å². The number of hydrogen-bond acceptors (Lipinski definition) is 4. The van der Waals surface area contributed by atoms with Gasteiger partial charge in [0.15, 0.2) is 0 Å². The molecule has 0 radical (unpaired) electrons.